The fraction of sp³-hybridized carbons (Fsp3) is 0.278. The second kappa shape index (κ2) is 5.83. The summed E-state index contributed by atoms with van der Waals surface area (Å²) in [5, 5.41) is 4.30. The Morgan fingerprint density at radius 1 is 1.09 bits per heavy atom. The lowest BCUT2D eigenvalue weighted by atomic mass is 10.1. The van der Waals surface area contributed by atoms with Gasteiger partial charge in [0.1, 0.15) is 12.1 Å². The van der Waals surface area contributed by atoms with Crippen molar-refractivity contribution in [1.29, 1.82) is 0 Å². The van der Waals surface area contributed by atoms with Crippen molar-refractivity contribution in [2.75, 3.05) is 12.4 Å². The first-order valence-corrected chi connectivity index (χ1v) is 7.84. The van der Waals surface area contributed by atoms with Crippen LogP contribution in [0.5, 0.6) is 5.88 Å². The zero-order valence-electron chi connectivity index (χ0n) is 13.0. The molecule has 1 N–H and O–H groups in total. The van der Waals surface area contributed by atoms with Crippen LogP contribution >= 0.6 is 0 Å². The Kier molecular flexibility index (Phi) is 3.54. The first kappa shape index (κ1) is 13.9. The summed E-state index contributed by atoms with van der Waals surface area (Å²) < 4.78 is 5.14. The topological polar surface area (TPSA) is 59.9 Å². The summed E-state index contributed by atoms with van der Waals surface area (Å²) in [6.45, 7) is 0.741. The van der Waals surface area contributed by atoms with Crippen molar-refractivity contribution in [3.05, 3.63) is 53.3 Å². The van der Waals surface area contributed by atoms with Crippen molar-refractivity contribution in [3.63, 3.8) is 0 Å². The van der Waals surface area contributed by atoms with E-state index in [-0.39, 0.29) is 0 Å². The lowest BCUT2D eigenvalue weighted by Crippen LogP contribution is -2.04. The summed E-state index contributed by atoms with van der Waals surface area (Å²) in [5.41, 5.74) is 4.90. The second-order valence-corrected chi connectivity index (χ2v) is 5.76. The Labute approximate surface area is 134 Å². The van der Waals surface area contributed by atoms with Crippen LogP contribution in [0.3, 0.4) is 0 Å². The van der Waals surface area contributed by atoms with E-state index < -0.39 is 0 Å². The summed E-state index contributed by atoms with van der Waals surface area (Å²) in [6, 6.07) is 10.5. The molecule has 5 heteroatoms. The van der Waals surface area contributed by atoms with Gasteiger partial charge in [-0.15, -0.1) is 0 Å². The minimum absolute atomic E-state index is 0.556. The predicted octanol–water partition coefficient (Wildman–Crippen LogP) is 3.13. The molecule has 0 saturated heterocycles. The summed E-state index contributed by atoms with van der Waals surface area (Å²) in [7, 11) is 1.60. The smallest absolute Gasteiger partial charge is 0.215 e. The minimum atomic E-state index is 0.556. The SMILES string of the molecule is COc1ccc2c(NCc3ccc4c(c3)CCC4)ncnc2n1. The van der Waals surface area contributed by atoms with Gasteiger partial charge in [-0.25, -0.2) is 9.97 Å². The van der Waals surface area contributed by atoms with E-state index in [1.54, 1.807) is 7.11 Å². The van der Waals surface area contributed by atoms with Gasteiger partial charge in [0, 0.05) is 12.6 Å². The van der Waals surface area contributed by atoms with Crippen molar-refractivity contribution in [1.82, 2.24) is 15.0 Å². The lowest BCUT2D eigenvalue weighted by Gasteiger charge is -2.10. The van der Waals surface area contributed by atoms with E-state index in [4.69, 9.17) is 4.74 Å². The maximum absolute atomic E-state index is 5.14. The fourth-order valence-electron chi connectivity index (χ4n) is 3.10. The van der Waals surface area contributed by atoms with Crippen molar-refractivity contribution >= 4 is 16.9 Å². The van der Waals surface area contributed by atoms with Crippen LogP contribution in [0, 0.1) is 0 Å². The number of hydrogen-bond acceptors (Lipinski definition) is 5. The van der Waals surface area contributed by atoms with Crippen molar-refractivity contribution in [2.45, 2.75) is 25.8 Å². The Balaban J connectivity index is 1.58. The zero-order chi connectivity index (χ0) is 15.6. The van der Waals surface area contributed by atoms with Gasteiger partial charge in [0.2, 0.25) is 5.88 Å². The van der Waals surface area contributed by atoms with Crippen LogP contribution in [-0.2, 0) is 19.4 Å². The number of pyridine rings is 1. The average Bonchev–Trinajstić information content (AvgIpc) is 3.07. The van der Waals surface area contributed by atoms with Crippen molar-refractivity contribution in [3.8, 4) is 5.88 Å². The van der Waals surface area contributed by atoms with E-state index in [9.17, 15) is 0 Å². The normalized spacial score (nSPS) is 13.1. The Hall–Kier alpha value is -2.69. The highest BCUT2D eigenvalue weighted by molar-refractivity contribution is 5.86. The Morgan fingerprint density at radius 2 is 2.00 bits per heavy atom. The number of nitrogens with zero attached hydrogens (tertiary/aromatic N) is 3. The number of nitrogens with one attached hydrogen (secondary N) is 1. The summed E-state index contributed by atoms with van der Waals surface area (Å²) in [6.07, 6.45) is 5.21. The molecule has 0 amide bonds. The summed E-state index contributed by atoms with van der Waals surface area (Å²) in [4.78, 5) is 12.9. The maximum Gasteiger partial charge on any atom is 0.215 e. The number of methoxy groups -OCH3 is 1. The molecule has 0 bridgehead atoms. The van der Waals surface area contributed by atoms with E-state index in [0.29, 0.717) is 11.5 Å². The molecule has 0 fully saturated rings. The largest absolute Gasteiger partial charge is 0.481 e. The molecule has 1 aliphatic rings. The average molecular weight is 306 g/mol. The van der Waals surface area contributed by atoms with Crippen LogP contribution < -0.4 is 10.1 Å². The molecule has 1 aliphatic carbocycles. The molecule has 23 heavy (non-hydrogen) atoms. The number of hydrogen-bond donors (Lipinski definition) is 1. The zero-order valence-corrected chi connectivity index (χ0v) is 13.0. The molecule has 0 spiro atoms. The van der Waals surface area contributed by atoms with Gasteiger partial charge in [-0.2, -0.15) is 4.98 Å². The van der Waals surface area contributed by atoms with E-state index in [0.717, 1.165) is 17.7 Å². The van der Waals surface area contributed by atoms with E-state index in [1.807, 2.05) is 12.1 Å². The van der Waals surface area contributed by atoms with Crippen LogP contribution in [0.1, 0.15) is 23.1 Å². The van der Waals surface area contributed by atoms with Gasteiger partial charge in [-0.1, -0.05) is 18.2 Å². The number of anilines is 1. The second-order valence-electron chi connectivity index (χ2n) is 5.76. The van der Waals surface area contributed by atoms with E-state index >= 15 is 0 Å². The Bertz CT molecular complexity index is 863. The van der Waals surface area contributed by atoms with Crippen LogP contribution in [0.25, 0.3) is 11.0 Å². The number of aryl methyl sites for hydroxylation is 2. The molecule has 0 radical (unpaired) electrons. The first-order chi connectivity index (χ1) is 11.3. The molecule has 1 aromatic carbocycles. The molecule has 116 valence electrons. The molecule has 0 atom stereocenters. The summed E-state index contributed by atoms with van der Waals surface area (Å²) >= 11 is 0. The van der Waals surface area contributed by atoms with Gasteiger partial charge in [-0.05, 0) is 42.0 Å². The quantitative estimate of drug-likeness (QED) is 0.802. The monoisotopic (exact) mass is 306 g/mol. The number of benzene rings is 1. The van der Waals surface area contributed by atoms with Gasteiger partial charge in [-0.3, -0.25) is 0 Å². The molecule has 0 saturated carbocycles. The minimum Gasteiger partial charge on any atom is -0.481 e. The van der Waals surface area contributed by atoms with Gasteiger partial charge >= 0.3 is 0 Å². The van der Waals surface area contributed by atoms with Gasteiger partial charge in [0.25, 0.3) is 0 Å². The molecule has 2 aromatic heterocycles. The highest BCUT2D eigenvalue weighted by atomic mass is 16.5. The molecular weight excluding hydrogens is 288 g/mol. The van der Waals surface area contributed by atoms with Gasteiger partial charge in [0.15, 0.2) is 5.65 Å². The lowest BCUT2D eigenvalue weighted by molar-refractivity contribution is 0.399. The van der Waals surface area contributed by atoms with Crippen molar-refractivity contribution in [2.24, 2.45) is 0 Å². The first-order valence-electron chi connectivity index (χ1n) is 7.84. The fourth-order valence-corrected chi connectivity index (χ4v) is 3.10. The van der Waals surface area contributed by atoms with Gasteiger partial charge < -0.3 is 10.1 Å². The van der Waals surface area contributed by atoms with Crippen LogP contribution in [-0.4, -0.2) is 22.1 Å². The van der Waals surface area contributed by atoms with E-state index in [1.165, 1.54) is 42.3 Å². The van der Waals surface area contributed by atoms with Crippen molar-refractivity contribution < 1.29 is 4.74 Å². The molecule has 0 unspecified atom stereocenters. The molecular formula is C18H18N4O. The maximum atomic E-state index is 5.14. The molecule has 3 aromatic rings. The van der Waals surface area contributed by atoms with Crippen LogP contribution in [0.2, 0.25) is 0 Å². The number of ether oxygens (including phenoxy) is 1. The number of aromatic nitrogens is 3. The standard InChI is InChI=1S/C18H18N4O/c1-23-16-8-7-15-17(20-11-21-18(15)22-16)19-10-12-5-6-13-3-2-4-14(13)9-12/h5-9,11H,2-4,10H2,1H3,(H,19,20,21,22). The molecule has 0 aliphatic heterocycles. The third-order valence-electron chi connectivity index (χ3n) is 4.30. The number of rotatable bonds is 4. The Morgan fingerprint density at radius 3 is 2.91 bits per heavy atom. The third-order valence-corrected chi connectivity index (χ3v) is 4.30. The third kappa shape index (κ3) is 2.70. The molecule has 5 nitrogen and oxygen atoms in total. The predicted molar refractivity (Wildman–Crippen MR) is 89.7 cm³/mol. The van der Waals surface area contributed by atoms with E-state index in [2.05, 4.69) is 38.5 Å². The highest BCUT2D eigenvalue weighted by Crippen LogP contribution is 2.24. The number of fused-ring (bicyclic) bond motifs is 2. The molecule has 2 heterocycles. The van der Waals surface area contributed by atoms with Crippen LogP contribution in [0.4, 0.5) is 5.82 Å². The van der Waals surface area contributed by atoms with Gasteiger partial charge in [0.05, 0.1) is 12.5 Å². The summed E-state index contributed by atoms with van der Waals surface area (Å²) in [5.74, 6) is 1.35. The highest BCUT2D eigenvalue weighted by Gasteiger charge is 2.11. The molecule has 4 rings (SSSR count). The van der Waals surface area contributed by atoms with Crippen LogP contribution in [0.15, 0.2) is 36.7 Å².